The minimum atomic E-state index is 0.334. The second-order valence-electron chi connectivity index (χ2n) is 6.06. The van der Waals surface area contributed by atoms with Gasteiger partial charge in [0.15, 0.2) is 0 Å². The Morgan fingerprint density at radius 3 is 2.65 bits per heavy atom. The maximum absolute atomic E-state index is 6.38. The van der Waals surface area contributed by atoms with Crippen molar-refractivity contribution in [1.82, 2.24) is 0 Å². The Morgan fingerprint density at radius 2 is 2.12 bits per heavy atom. The number of halogens is 1. The third-order valence-electron chi connectivity index (χ3n) is 4.10. The van der Waals surface area contributed by atoms with Crippen LogP contribution in [0.5, 0.6) is 0 Å². The first-order valence-electron chi connectivity index (χ1n) is 6.45. The molecule has 1 aliphatic carbocycles. The fourth-order valence-corrected chi connectivity index (χ4v) is 4.29. The molecule has 1 aromatic heterocycles. The molecule has 1 fully saturated rings. The van der Waals surface area contributed by atoms with E-state index in [4.69, 9.17) is 5.73 Å². The van der Waals surface area contributed by atoms with Crippen molar-refractivity contribution in [2.45, 2.75) is 52.0 Å². The van der Waals surface area contributed by atoms with E-state index in [1.165, 1.54) is 35.0 Å². The van der Waals surface area contributed by atoms with Crippen LogP contribution in [-0.2, 0) is 6.42 Å². The fourth-order valence-electron chi connectivity index (χ4n) is 2.70. The Labute approximate surface area is 117 Å². The lowest BCUT2D eigenvalue weighted by Crippen LogP contribution is -2.36. The van der Waals surface area contributed by atoms with E-state index in [2.05, 4.69) is 41.2 Å². The van der Waals surface area contributed by atoms with E-state index in [1.807, 2.05) is 11.3 Å². The summed E-state index contributed by atoms with van der Waals surface area (Å²) in [5.41, 5.74) is 6.92. The molecule has 1 saturated carbocycles. The van der Waals surface area contributed by atoms with E-state index in [0.717, 1.165) is 12.3 Å². The Morgan fingerprint density at radius 1 is 1.47 bits per heavy atom. The zero-order chi connectivity index (χ0) is 12.5. The lowest BCUT2D eigenvalue weighted by atomic mass is 9.71. The highest BCUT2D eigenvalue weighted by Gasteiger charge is 2.30. The molecule has 0 amide bonds. The van der Waals surface area contributed by atoms with Gasteiger partial charge in [-0.2, -0.15) is 0 Å². The molecular formula is C14H22BrNS. The molecule has 1 atom stereocenters. The predicted molar refractivity (Wildman–Crippen MR) is 79.4 cm³/mol. The monoisotopic (exact) mass is 315 g/mol. The summed E-state index contributed by atoms with van der Waals surface area (Å²) in [7, 11) is 0. The van der Waals surface area contributed by atoms with Gasteiger partial charge in [0.05, 0.1) is 0 Å². The maximum atomic E-state index is 6.38. The van der Waals surface area contributed by atoms with Crippen molar-refractivity contribution in [3.05, 3.63) is 20.8 Å². The summed E-state index contributed by atoms with van der Waals surface area (Å²) < 4.78 is 1.23. The quantitative estimate of drug-likeness (QED) is 0.867. The molecule has 0 bridgehead atoms. The average molecular weight is 316 g/mol. The highest BCUT2D eigenvalue weighted by atomic mass is 79.9. The highest BCUT2D eigenvalue weighted by Crippen LogP contribution is 2.39. The van der Waals surface area contributed by atoms with Crippen LogP contribution in [0.15, 0.2) is 15.9 Å². The van der Waals surface area contributed by atoms with E-state index < -0.39 is 0 Å². The Kier molecular flexibility index (Phi) is 4.32. The highest BCUT2D eigenvalue weighted by molar-refractivity contribution is 9.10. The van der Waals surface area contributed by atoms with Crippen LogP contribution in [0.4, 0.5) is 0 Å². The van der Waals surface area contributed by atoms with Gasteiger partial charge in [-0.05, 0) is 70.8 Å². The molecule has 1 aromatic rings. The van der Waals surface area contributed by atoms with E-state index in [-0.39, 0.29) is 0 Å². The minimum Gasteiger partial charge on any atom is -0.327 e. The van der Waals surface area contributed by atoms with Gasteiger partial charge in [0.1, 0.15) is 0 Å². The Bertz CT molecular complexity index is 362. The number of nitrogens with two attached hydrogens (primary N) is 1. The molecular weight excluding hydrogens is 294 g/mol. The van der Waals surface area contributed by atoms with Crippen LogP contribution in [0.1, 0.15) is 44.4 Å². The van der Waals surface area contributed by atoms with Gasteiger partial charge in [0, 0.05) is 15.4 Å². The van der Waals surface area contributed by atoms with E-state index >= 15 is 0 Å². The van der Waals surface area contributed by atoms with Crippen LogP contribution in [0.2, 0.25) is 0 Å². The smallest absolute Gasteiger partial charge is 0.0314 e. The van der Waals surface area contributed by atoms with Gasteiger partial charge in [-0.3, -0.25) is 0 Å². The zero-order valence-corrected chi connectivity index (χ0v) is 13.1. The van der Waals surface area contributed by atoms with Crippen molar-refractivity contribution in [2.24, 2.45) is 17.1 Å². The number of rotatable bonds is 3. The van der Waals surface area contributed by atoms with Crippen LogP contribution >= 0.6 is 27.3 Å². The molecule has 1 aliphatic rings. The van der Waals surface area contributed by atoms with Crippen LogP contribution < -0.4 is 5.73 Å². The van der Waals surface area contributed by atoms with Gasteiger partial charge in [-0.1, -0.05) is 13.8 Å². The largest absolute Gasteiger partial charge is 0.327 e. The van der Waals surface area contributed by atoms with Crippen molar-refractivity contribution in [3.63, 3.8) is 0 Å². The fraction of sp³-hybridized carbons (Fsp3) is 0.714. The SMILES string of the molecule is CC1(C)CCC(C(N)Cc2sccc2Br)CC1. The molecule has 17 heavy (non-hydrogen) atoms. The topological polar surface area (TPSA) is 26.0 Å². The number of hydrogen-bond donors (Lipinski definition) is 1. The van der Waals surface area contributed by atoms with Gasteiger partial charge in [0.25, 0.3) is 0 Å². The van der Waals surface area contributed by atoms with Crippen molar-refractivity contribution >= 4 is 27.3 Å². The summed E-state index contributed by atoms with van der Waals surface area (Å²) in [4.78, 5) is 1.40. The summed E-state index contributed by atoms with van der Waals surface area (Å²) in [6.07, 6.45) is 6.30. The Balaban J connectivity index is 1.89. The van der Waals surface area contributed by atoms with Crippen molar-refractivity contribution in [1.29, 1.82) is 0 Å². The molecule has 3 heteroatoms. The van der Waals surface area contributed by atoms with Crippen LogP contribution in [-0.4, -0.2) is 6.04 Å². The van der Waals surface area contributed by atoms with Gasteiger partial charge in [-0.15, -0.1) is 11.3 Å². The predicted octanol–water partition coefficient (Wildman–Crippen LogP) is 4.60. The van der Waals surface area contributed by atoms with E-state index in [0.29, 0.717) is 11.5 Å². The molecule has 0 aliphatic heterocycles. The molecule has 0 radical (unpaired) electrons. The summed E-state index contributed by atoms with van der Waals surface area (Å²) in [5, 5.41) is 2.14. The summed E-state index contributed by atoms with van der Waals surface area (Å²) in [6.45, 7) is 4.76. The second-order valence-corrected chi connectivity index (χ2v) is 7.92. The standard InChI is InChI=1S/C14H22BrNS/c1-14(2)6-3-10(4-7-14)12(16)9-13-11(15)5-8-17-13/h5,8,10,12H,3-4,6-7,9,16H2,1-2H3. The van der Waals surface area contributed by atoms with E-state index in [9.17, 15) is 0 Å². The van der Waals surface area contributed by atoms with E-state index in [1.54, 1.807) is 0 Å². The normalized spacial score (nSPS) is 22.6. The Hall–Kier alpha value is 0.140. The van der Waals surface area contributed by atoms with Gasteiger partial charge in [0.2, 0.25) is 0 Å². The first-order chi connectivity index (χ1) is 7.98. The molecule has 1 nitrogen and oxygen atoms in total. The maximum Gasteiger partial charge on any atom is 0.0314 e. The lowest BCUT2D eigenvalue weighted by Gasteiger charge is -2.36. The molecule has 0 aromatic carbocycles. The molecule has 0 spiro atoms. The van der Waals surface area contributed by atoms with Gasteiger partial charge < -0.3 is 5.73 Å². The number of thiophene rings is 1. The molecule has 0 saturated heterocycles. The zero-order valence-electron chi connectivity index (χ0n) is 10.7. The third-order valence-corrected chi connectivity index (χ3v) is 6.05. The van der Waals surface area contributed by atoms with Crippen LogP contribution in [0.25, 0.3) is 0 Å². The molecule has 1 unspecified atom stereocenters. The summed E-state index contributed by atoms with van der Waals surface area (Å²) in [6, 6.07) is 2.46. The first-order valence-corrected chi connectivity index (χ1v) is 8.13. The van der Waals surface area contributed by atoms with Crippen molar-refractivity contribution < 1.29 is 0 Å². The summed E-state index contributed by atoms with van der Waals surface area (Å²) in [5.74, 6) is 0.719. The molecule has 96 valence electrons. The average Bonchev–Trinajstić information content (AvgIpc) is 2.64. The van der Waals surface area contributed by atoms with Crippen LogP contribution in [0, 0.1) is 11.3 Å². The third kappa shape index (κ3) is 3.55. The lowest BCUT2D eigenvalue weighted by molar-refractivity contribution is 0.173. The van der Waals surface area contributed by atoms with Crippen LogP contribution in [0.3, 0.4) is 0 Å². The van der Waals surface area contributed by atoms with Gasteiger partial charge >= 0.3 is 0 Å². The van der Waals surface area contributed by atoms with Crippen molar-refractivity contribution in [2.75, 3.05) is 0 Å². The first kappa shape index (κ1) is 13.6. The summed E-state index contributed by atoms with van der Waals surface area (Å²) >= 11 is 5.41. The molecule has 2 rings (SSSR count). The number of hydrogen-bond acceptors (Lipinski definition) is 2. The minimum absolute atomic E-state index is 0.334. The molecule has 2 N–H and O–H groups in total. The van der Waals surface area contributed by atoms with Crippen molar-refractivity contribution in [3.8, 4) is 0 Å². The molecule has 1 heterocycles. The second kappa shape index (κ2) is 5.41. The van der Waals surface area contributed by atoms with Gasteiger partial charge in [-0.25, -0.2) is 0 Å².